The molecule has 216 valence electrons. The van der Waals surface area contributed by atoms with Crippen molar-refractivity contribution in [1.82, 2.24) is 14.6 Å². The Bertz CT molecular complexity index is 1770. The van der Waals surface area contributed by atoms with Crippen molar-refractivity contribution in [3.63, 3.8) is 0 Å². The topological polar surface area (TPSA) is 106 Å². The Labute approximate surface area is 234 Å². The summed E-state index contributed by atoms with van der Waals surface area (Å²) in [5.41, 5.74) is -0.0648. The van der Waals surface area contributed by atoms with Gasteiger partial charge in [-0.1, -0.05) is 30.3 Å². The molecule has 0 bridgehead atoms. The second kappa shape index (κ2) is 11.1. The molecule has 13 heteroatoms. The van der Waals surface area contributed by atoms with Crippen LogP contribution in [0.25, 0.3) is 22.0 Å². The van der Waals surface area contributed by atoms with Crippen LogP contribution in [0.2, 0.25) is 0 Å². The number of alkyl halides is 2. The molecule has 5 rings (SSSR count). The van der Waals surface area contributed by atoms with E-state index in [1.165, 1.54) is 28.9 Å². The van der Waals surface area contributed by atoms with E-state index < -0.39 is 33.7 Å². The van der Waals surface area contributed by atoms with Crippen molar-refractivity contribution in [2.24, 2.45) is 0 Å². The minimum Gasteiger partial charge on any atom is -0.378 e. The summed E-state index contributed by atoms with van der Waals surface area (Å²) in [7, 11) is -3.46. The number of pyridine rings is 1. The zero-order chi connectivity index (χ0) is 29.5. The number of anilines is 1. The fourth-order valence-electron chi connectivity index (χ4n) is 4.86. The van der Waals surface area contributed by atoms with Gasteiger partial charge in [-0.05, 0) is 31.5 Å². The molecule has 1 fully saturated rings. The summed E-state index contributed by atoms with van der Waals surface area (Å²) >= 11 is 0. The molecule has 1 N–H and O–H groups in total. The highest BCUT2D eigenvalue weighted by atomic mass is 32.2. The molecule has 0 amide bonds. The van der Waals surface area contributed by atoms with Crippen LogP contribution in [-0.2, 0) is 14.6 Å². The average Bonchev–Trinajstić information content (AvgIpc) is 2.92. The zero-order valence-electron chi connectivity index (χ0n) is 22.6. The number of benzene rings is 2. The van der Waals surface area contributed by atoms with Crippen LogP contribution in [0.3, 0.4) is 0 Å². The maximum atomic E-state index is 15.0. The van der Waals surface area contributed by atoms with Gasteiger partial charge in [0.2, 0.25) is 0 Å². The SMILES string of the molecule is Cc1nc(NC(C)c2cccc(C(F)F)c2F)c2cn(N3CCOCC3)c(=O)c(-c3ccc(S(C)(=O)=O)cc3)c2n1. The van der Waals surface area contributed by atoms with Crippen LogP contribution in [-0.4, -0.2) is 55.6 Å². The molecule has 1 aliphatic rings. The Hall–Kier alpha value is -3.97. The number of aromatic nitrogens is 3. The van der Waals surface area contributed by atoms with Crippen LogP contribution < -0.4 is 15.9 Å². The molecular formula is C28H28F3N5O4S. The first-order valence-corrected chi connectivity index (χ1v) is 14.8. The summed E-state index contributed by atoms with van der Waals surface area (Å²) < 4.78 is 72.6. The molecule has 1 saturated heterocycles. The second-order valence-electron chi connectivity index (χ2n) is 9.82. The van der Waals surface area contributed by atoms with E-state index in [4.69, 9.17) is 4.74 Å². The first kappa shape index (κ1) is 28.6. The zero-order valence-corrected chi connectivity index (χ0v) is 23.4. The summed E-state index contributed by atoms with van der Waals surface area (Å²) in [6.45, 7) is 4.96. The van der Waals surface area contributed by atoms with Crippen molar-refractivity contribution in [1.29, 1.82) is 0 Å². The average molecular weight is 588 g/mol. The van der Waals surface area contributed by atoms with Crippen molar-refractivity contribution < 1.29 is 26.3 Å². The van der Waals surface area contributed by atoms with Crippen LogP contribution in [0.4, 0.5) is 19.0 Å². The van der Waals surface area contributed by atoms with E-state index >= 15 is 0 Å². The van der Waals surface area contributed by atoms with Crippen LogP contribution >= 0.6 is 0 Å². The quantitative estimate of drug-likeness (QED) is 0.340. The lowest BCUT2D eigenvalue weighted by molar-refractivity contribution is 0.111. The standard InChI is InChI=1S/C28H28F3N5O4S/c1-16(20-5-4-6-21(24(20)29)26(30)31)32-27-22-15-36(35-11-13-40-14-12-35)28(37)23(25(22)33-17(2)34-27)18-7-9-19(10-8-18)41(3,38)39/h4-10,15-16,26H,11-14H2,1-3H3,(H,32,33,34). The molecular weight excluding hydrogens is 559 g/mol. The number of sulfone groups is 1. The van der Waals surface area contributed by atoms with Crippen LogP contribution in [0.1, 0.15) is 36.3 Å². The van der Waals surface area contributed by atoms with Gasteiger partial charge in [-0.3, -0.25) is 4.79 Å². The summed E-state index contributed by atoms with van der Waals surface area (Å²) in [6.07, 6.45) is -0.276. The Morgan fingerprint density at radius 1 is 1.02 bits per heavy atom. The maximum Gasteiger partial charge on any atom is 0.279 e. The lowest BCUT2D eigenvalue weighted by atomic mass is 10.0. The minimum atomic E-state index is -3.46. The Morgan fingerprint density at radius 3 is 2.32 bits per heavy atom. The molecule has 4 aromatic rings. The largest absolute Gasteiger partial charge is 0.378 e. The number of nitrogens with zero attached hydrogens (tertiary/aromatic N) is 4. The highest BCUT2D eigenvalue weighted by Crippen LogP contribution is 2.33. The molecule has 1 unspecified atom stereocenters. The molecule has 0 radical (unpaired) electrons. The van der Waals surface area contributed by atoms with E-state index in [0.29, 0.717) is 48.6 Å². The first-order valence-electron chi connectivity index (χ1n) is 12.9. The number of fused-ring (bicyclic) bond motifs is 1. The summed E-state index contributed by atoms with van der Waals surface area (Å²) in [6, 6.07) is 9.02. The fourth-order valence-corrected chi connectivity index (χ4v) is 5.49. The third-order valence-electron chi connectivity index (χ3n) is 6.94. The number of aryl methyl sites for hydroxylation is 1. The van der Waals surface area contributed by atoms with Crippen molar-refractivity contribution in [3.05, 3.63) is 81.8 Å². The van der Waals surface area contributed by atoms with Crippen LogP contribution in [0, 0.1) is 12.7 Å². The molecule has 2 aromatic heterocycles. The third-order valence-corrected chi connectivity index (χ3v) is 8.07. The highest BCUT2D eigenvalue weighted by Gasteiger charge is 2.24. The molecule has 0 saturated carbocycles. The number of morpholine rings is 1. The monoisotopic (exact) mass is 587 g/mol. The number of hydrogen-bond acceptors (Lipinski definition) is 8. The van der Waals surface area contributed by atoms with Crippen molar-refractivity contribution in [3.8, 4) is 11.1 Å². The van der Waals surface area contributed by atoms with Gasteiger partial charge >= 0.3 is 0 Å². The van der Waals surface area contributed by atoms with E-state index in [1.807, 2.05) is 5.01 Å². The summed E-state index contributed by atoms with van der Waals surface area (Å²) in [5.74, 6) is -0.418. The second-order valence-corrected chi connectivity index (χ2v) is 11.8. The van der Waals surface area contributed by atoms with Gasteiger partial charge in [0.1, 0.15) is 17.5 Å². The van der Waals surface area contributed by atoms with Gasteiger partial charge in [-0.15, -0.1) is 0 Å². The predicted molar refractivity (Wildman–Crippen MR) is 149 cm³/mol. The summed E-state index contributed by atoms with van der Waals surface area (Å²) in [4.78, 5) is 23.1. The van der Waals surface area contributed by atoms with Gasteiger partial charge in [0, 0.05) is 18.0 Å². The third kappa shape index (κ3) is 5.64. The van der Waals surface area contributed by atoms with Crippen molar-refractivity contribution in [2.75, 3.05) is 42.9 Å². The van der Waals surface area contributed by atoms with E-state index in [9.17, 15) is 26.4 Å². The number of ether oxygens (including phenoxy) is 1. The van der Waals surface area contributed by atoms with E-state index in [0.717, 1.165) is 12.3 Å². The molecule has 9 nitrogen and oxygen atoms in total. The van der Waals surface area contributed by atoms with Gasteiger partial charge < -0.3 is 15.1 Å². The molecule has 0 aliphatic carbocycles. The van der Waals surface area contributed by atoms with Crippen molar-refractivity contribution >= 4 is 26.6 Å². The van der Waals surface area contributed by atoms with E-state index in [2.05, 4.69) is 15.3 Å². The number of hydrogen-bond donors (Lipinski definition) is 1. The molecule has 3 heterocycles. The van der Waals surface area contributed by atoms with Gasteiger partial charge in [0.05, 0.1) is 59.3 Å². The predicted octanol–water partition coefficient (Wildman–Crippen LogP) is 4.39. The van der Waals surface area contributed by atoms with Crippen LogP contribution in [0.5, 0.6) is 0 Å². The number of nitrogens with one attached hydrogen (secondary N) is 1. The summed E-state index contributed by atoms with van der Waals surface area (Å²) in [5, 5.41) is 5.38. The Kier molecular flexibility index (Phi) is 7.75. The molecule has 0 spiro atoms. The first-order chi connectivity index (χ1) is 19.5. The Morgan fingerprint density at radius 2 is 1.68 bits per heavy atom. The van der Waals surface area contributed by atoms with Crippen molar-refractivity contribution in [2.45, 2.75) is 31.2 Å². The minimum absolute atomic E-state index is 0.0327. The molecule has 1 aliphatic heterocycles. The number of rotatable bonds is 7. The normalized spacial score (nSPS) is 15.0. The maximum absolute atomic E-state index is 15.0. The highest BCUT2D eigenvalue weighted by molar-refractivity contribution is 7.90. The number of halogens is 3. The van der Waals surface area contributed by atoms with Crippen LogP contribution in [0.15, 0.2) is 58.4 Å². The molecule has 1 atom stereocenters. The van der Waals surface area contributed by atoms with Gasteiger partial charge in [0.25, 0.3) is 12.0 Å². The van der Waals surface area contributed by atoms with Gasteiger partial charge in [0.15, 0.2) is 9.84 Å². The fraction of sp³-hybridized carbons (Fsp3) is 0.321. The molecule has 2 aromatic carbocycles. The lowest BCUT2D eigenvalue weighted by Crippen LogP contribution is -2.49. The van der Waals surface area contributed by atoms with Gasteiger partial charge in [-0.25, -0.2) is 36.2 Å². The Balaban J connectivity index is 1.70. The van der Waals surface area contributed by atoms with E-state index in [-0.39, 0.29) is 27.4 Å². The molecule has 41 heavy (non-hydrogen) atoms. The van der Waals surface area contributed by atoms with E-state index in [1.54, 1.807) is 32.2 Å². The lowest BCUT2D eigenvalue weighted by Gasteiger charge is -2.31. The van der Waals surface area contributed by atoms with Gasteiger partial charge in [-0.2, -0.15) is 0 Å². The smallest absolute Gasteiger partial charge is 0.279 e.